The number of nitrogens with one attached hydrogen (secondary N) is 2. The summed E-state index contributed by atoms with van der Waals surface area (Å²) in [5.41, 5.74) is 0.814. The second kappa shape index (κ2) is 7.36. The third kappa shape index (κ3) is 4.16. The summed E-state index contributed by atoms with van der Waals surface area (Å²) in [6.45, 7) is 2.93. The van der Waals surface area contributed by atoms with E-state index in [2.05, 4.69) is 10.6 Å². The molecule has 0 heterocycles. The molecule has 1 amide bonds. The highest BCUT2D eigenvalue weighted by atomic mass is 16.6. The average Bonchev–Trinajstić information content (AvgIpc) is 2.55. The van der Waals surface area contributed by atoms with Crippen molar-refractivity contribution in [1.29, 1.82) is 0 Å². The average molecular weight is 327 g/mol. The van der Waals surface area contributed by atoms with Gasteiger partial charge in [0.2, 0.25) is 5.91 Å². The molecular weight excluding hydrogens is 310 g/mol. The molecule has 124 valence electrons. The monoisotopic (exact) mass is 327 g/mol. The van der Waals surface area contributed by atoms with Gasteiger partial charge in [0.05, 0.1) is 4.92 Å². The van der Waals surface area contributed by atoms with Crippen LogP contribution in [-0.4, -0.2) is 22.7 Å². The maximum Gasteiger partial charge on any atom is 0.293 e. The summed E-state index contributed by atoms with van der Waals surface area (Å²) in [6, 6.07) is 12.3. The van der Waals surface area contributed by atoms with E-state index in [0.29, 0.717) is 5.69 Å². The summed E-state index contributed by atoms with van der Waals surface area (Å²) < 4.78 is 0. The lowest BCUT2D eigenvalue weighted by Gasteiger charge is -2.15. The Kier molecular flexibility index (Phi) is 5.26. The van der Waals surface area contributed by atoms with E-state index in [1.165, 1.54) is 25.1 Å². The van der Waals surface area contributed by atoms with Crippen molar-refractivity contribution >= 4 is 28.8 Å². The van der Waals surface area contributed by atoms with Crippen LogP contribution in [0.15, 0.2) is 48.5 Å². The first-order valence-corrected chi connectivity index (χ1v) is 7.30. The van der Waals surface area contributed by atoms with E-state index in [1.54, 1.807) is 31.2 Å². The fraction of sp³-hybridized carbons (Fsp3) is 0.176. The minimum Gasteiger partial charge on any atom is -0.368 e. The van der Waals surface area contributed by atoms with Crippen LogP contribution in [0.25, 0.3) is 0 Å². The van der Waals surface area contributed by atoms with Crippen molar-refractivity contribution < 1.29 is 14.5 Å². The molecule has 7 heteroatoms. The molecule has 0 aliphatic carbocycles. The molecule has 1 atom stereocenters. The SMILES string of the molecule is CC(=O)c1ccc(NC(C)C(=O)Nc2ccccc2)c([N+](=O)[O-])c1. The number of nitro groups is 1. The second-order valence-corrected chi connectivity index (χ2v) is 5.27. The van der Waals surface area contributed by atoms with Crippen molar-refractivity contribution in [1.82, 2.24) is 0 Å². The topological polar surface area (TPSA) is 101 Å². The van der Waals surface area contributed by atoms with Gasteiger partial charge in [0.1, 0.15) is 11.7 Å². The maximum absolute atomic E-state index is 12.2. The summed E-state index contributed by atoms with van der Waals surface area (Å²) in [5.74, 6) is -0.592. The molecule has 0 aromatic heterocycles. The summed E-state index contributed by atoms with van der Waals surface area (Å²) >= 11 is 0. The van der Waals surface area contributed by atoms with E-state index >= 15 is 0 Å². The lowest BCUT2D eigenvalue weighted by atomic mass is 10.1. The number of anilines is 2. The van der Waals surface area contributed by atoms with Crippen molar-refractivity contribution in [2.75, 3.05) is 10.6 Å². The van der Waals surface area contributed by atoms with Gasteiger partial charge >= 0.3 is 0 Å². The fourth-order valence-electron chi connectivity index (χ4n) is 2.09. The Morgan fingerprint density at radius 2 is 1.79 bits per heavy atom. The van der Waals surface area contributed by atoms with Gasteiger partial charge in [0, 0.05) is 17.3 Å². The van der Waals surface area contributed by atoms with Crippen LogP contribution in [0.5, 0.6) is 0 Å². The van der Waals surface area contributed by atoms with Crippen LogP contribution < -0.4 is 10.6 Å². The van der Waals surface area contributed by atoms with E-state index in [9.17, 15) is 19.7 Å². The van der Waals surface area contributed by atoms with Crippen LogP contribution in [0.2, 0.25) is 0 Å². The number of nitro benzene ring substituents is 1. The Bertz CT molecular complexity index is 775. The number of rotatable bonds is 6. The summed E-state index contributed by atoms with van der Waals surface area (Å²) in [6.07, 6.45) is 0. The molecule has 7 nitrogen and oxygen atoms in total. The number of Topliss-reactive ketones (excluding diaryl/α,β-unsaturated/α-hetero) is 1. The second-order valence-electron chi connectivity index (χ2n) is 5.27. The van der Waals surface area contributed by atoms with E-state index < -0.39 is 11.0 Å². The molecule has 0 saturated carbocycles. The van der Waals surface area contributed by atoms with Crippen LogP contribution in [0, 0.1) is 10.1 Å². The molecule has 2 aromatic rings. The van der Waals surface area contributed by atoms with Crippen LogP contribution in [0.3, 0.4) is 0 Å². The van der Waals surface area contributed by atoms with Crippen LogP contribution in [0.4, 0.5) is 17.1 Å². The molecule has 24 heavy (non-hydrogen) atoms. The highest BCUT2D eigenvalue weighted by Gasteiger charge is 2.20. The molecule has 0 fully saturated rings. The van der Waals surface area contributed by atoms with Crippen molar-refractivity contribution in [2.24, 2.45) is 0 Å². The largest absolute Gasteiger partial charge is 0.368 e. The van der Waals surface area contributed by atoms with E-state index in [0.717, 1.165) is 0 Å². The zero-order chi connectivity index (χ0) is 17.7. The Morgan fingerprint density at radius 1 is 1.12 bits per heavy atom. The zero-order valence-electron chi connectivity index (χ0n) is 13.3. The third-order valence-corrected chi connectivity index (χ3v) is 3.41. The normalized spacial score (nSPS) is 11.4. The van der Waals surface area contributed by atoms with Gasteiger partial charge in [0.25, 0.3) is 5.69 Å². The molecule has 0 spiro atoms. The van der Waals surface area contributed by atoms with Gasteiger partial charge in [-0.2, -0.15) is 0 Å². The van der Waals surface area contributed by atoms with Gasteiger partial charge in [-0.15, -0.1) is 0 Å². The van der Waals surface area contributed by atoms with Gasteiger partial charge < -0.3 is 10.6 Å². The summed E-state index contributed by atoms with van der Waals surface area (Å²) in [7, 11) is 0. The Balaban J connectivity index is 2.16. The Hall–Kier alpha value is -3.22. The highest BCUT2D eigenvalue weighted by Crippen LogP contribution is 2.26. The summed E-state index contributed by atoms with van der Waals surface area (Å²) in [4.78, 5) is 34.1. The molecule has 0 radical (unpaired) electrons. The number of benzene rings is 2. The first kappa shape index (κ1) is 17.1. The lowest BCUT2D eigenvalue weighted by Crippen LogP contribution is -2.32. The predicted octanol–water partition coefficient (Wildman–Crippen LogP) is 3.24. The van der Waals surface area contributed by atoms with Gasteiger partial charge in [0.15, 0.2) is 5.78 Å². The molecule has 0 aliphatic rings. The minimum absolute atomic E-state index is 0.181. The number of carbonyl (C=O) groups excluding carboxylic acids is 2. The molecular formula is C17H17N3O4. The zero-order valence-corrected chi connectivity index (χ0v) is 13.3. The quantitative estimate of drug-likeness (QED) is 0.482. The molecule has 2 N–H and O–H groups in total. The van der Waals surface area contributed by atoms with Gasteiger partial charge in [-0.3, -0.25) is 19.7 Å². The molecule has 2 aromatic carbocycles. The third-order valence-electron chi connectivity index (χ3n) is 3.41. The first-order chi connectivity index (χ1) is 11.4. The number of hydrogen-bond donors (Lipinski definition) is 2. The van der Waals surface area contributed by atoms with E-state index in [1.807, 2.05) is 6.07 Å². The molecule has 0 bridgehead atoms. The smallest absolute Gasteiger partial charge is 0.293 e. The first-order valence-electron chi connectivity index (χ1n) is 7.30. The molecule has 0 aliphatic heterocycles. The number of carbonyl (C=O) groups is 2. The van der Waals surface area contributed by atoms with Crippen molar-refractivity contribution in [3.63, 3.8) is 0 Å². The van der Waals surface area contributed by atoms with Gasteiger partial charge in [-0.25, -0.2) is 0 Å². The Morgan fingerprint density at radius 3 is 2.38 bits per heavy atom. The maximum atomic E-state index is 12.2. The van der Waals surface area contributed by atoms with E-state index in [4.69, 9.17) is 0 Å². The van der Waals surface area contributed by atoms with Crippen molar-refractivity contribution in [3.05, 3.63) is 64.2 Å². The van der Waals surface area contributed by atoms with E-state index in [-0.39, 0.29) is 28.6 Å². The van der Waals surface area contributed by atoms with Gasteiger partial charge in [-0.1, -0.05) is 18.2 Å². The van der Waals surface area contributed by atoms with Gasteiger partial charge in [-0.05, 0) is 38.1 Å². The fourth-order valence-corrected chi connectivity index (χ4v) is 2.09. The number of nitrogens with zero attached hydrogens (tertiary/aromatic N) is 1. The Labute approximate surface area is 138 Å². The number of hydrogen-bond acceptors (Lipinski definition) is 5. The lowest BCUT2D eigenvalue weighted by molar-refractivity contribution is -0.384. The van der Waals surface area contributed by atoms with Crippen LogP contribution in [0.1, 0.15) is 24.2 Å². The van der Waals surface area contributed by atoms with Crippen molar-refractivity contribution in [2.45, 2.75) is 19.9 Å². The number of ketones is 1. The summed E-state index contributed by atoms with van der Waals surface area (Å²) in [5, 5.41) is 16.7. The predicted molar refractivity (Wildman–Crippen MR) is 91.3 cm³/mol. The van der Waals surface area contributed by atoms with Crippen LogP contribution >= 0.6 is 0 Å². The molecule has 1 unspecified atom stereocenters. The standard InChI is InChI=1S/C17H17N3O4/c1-11(17(22)19-14-6-4-3-5-7-14)18-15-9-8-13(12(2)21)10-16(15)20(23)24/h3-11,18H,1-2H3,(H,19,22). The number of amides is 1. The molecule has 2 rings (SSSR count). The van der Waals surface area contributed by atoms with Crippen LogP contribution in [-0.2, 0) is 4.79 Å². The highest BCUT2D eigenvalue weighted by molar-refractivity contribution is 5.98. The van der Waals surface area contributed by atoms with Crippen molar-refractivity contribution in [3.8, 4) is 0 Å². The molecule has 0 saturated heterocycles. The minimum atomic E-state index is -0.702. The number of para-hydroxylation sites is 1.